The minimum atomic E-state index is -1.45. The van der Waals surface area contributed by atoms with E-state index in [-0.39, 0.29) is 0 Å². The first-order valence-electron chi connectivity index (χ1n) is 6.65. The number of nitrogens with one attached hydrogen (secondary N) is 1. The molecule has 0 bridgehead atoms. The van der Waals surface area contributed by atoms with Crippen LogP contribution in [0.1, 0.15) is 0 Å². The summed E-state index contributed by atoms with van der Waals surface area (Å²) in [6, 6.07) is 7.42. The molecule has 2 aromatic rings. The van der Waals surface area contributed by atoms with E-state index in [0.717, 1.165) is 10.9 Å². The Morgan fingerprint density at radius 1 is 1.10 bits per heavy atom. The SMILES string of the molecule is OC[C@H]1O[C@@H](Oc2c[nH]c3ccccc23)[C@H](O)[C@@H](O)[C@H]1O. The predicted molar refractivity (Wildman–Crippen MR) is 72.7 cm³/mol. The molecule has 1 aromatic carbocycles. The summed E-state index contributed by atoms with van der Waals surface area (Å²) in [4.78, 5) is 3.01. The highest BCUT2D eigenvalue weighted by atomic mass is 16.7. The molecule has 1 fully saturated rings. The van der Waals surface area contributed by atoms with Crippen molar-refractivity contribution in [3.8, 4) is 5.75 Å². The smallest absolute Gasteiger partial charge is 0.229 e. The summed E-state index contributed by atoms with van der Waals surface area (Å²) in [7, 11) is 0. The van der Waals surface area contributed by atoms with Gasteiger partial charge in [-0.2, -0.15) is 0 Å². The number of benzene rings is 1. The largest absolute Gasteiger partial charge is 0.460 e. The number of hydrogen-bond acceptors (Lipinski definition) is 6. The van der Waals surface area contributed by atoms with Crippen LogP contribution >= 0.6 is 0 Å². The Hall–Kier alpha value is -1.64. The van der Waals surface area contributed by atoms with E-state index in [0.29, 0.717) is 5.75 Å². The third-order valence-corrected chi connectivity index (χ3v) is 3.64. The first-order chi connectivity index (χ1) is 10.1. The van der Waals surface area contributed by atoms with Crippen LogP contribution in [0.4, 0.5) is 0 Å². The lowest BCUT2D eigenvalue weighted by atomic mass is 9.99. The Labute approximate surface area is 120 Å². The molecule has 5 atom stereocenters. The maximum Gasteiger partial charge on any atom is 0.229 e. The number of hydrogen-bond donors (Lipinski definition) is 5. The van der Waals surface area contributed by atoms with Crippen LogP contribution in [0.15, 0.2) is 30.5 Å². The molecule has 114 valence electrons. The lowest BCUT2D eigenvalue weighted by Crippen LogP contribution is -2.60. The number of aliphatic hydroxyl groups is 4. The molecular weight excluding hydrogens is 278 g/mol. The van der Waals surface area contributed by atoms with Crippen molar-refractivity contribution in [1.82, 2.24) is 4.98 Å². The number of aromatic nitrogens is 1. The Morgan fingerprint density at radius 2 is 1.86 bits per heavy atom. The van der Waals surface area contributed by atoms with Gasteiger partial charge < -0.3 is 34.9 Å². The highest BCUT2D eigenvalue weighted by molar-refractivity contribution is 5.85. The molecule has 0 unspecified atom stereocenters. The maximum absolute atomic E-state index is 9.94. The van der Waals surface area contributed by atoms with Gasteiger partial charge >= 0.3 is 0 Å². The van der Waals surface area contributed by atoms with Crippen molar-refractivity contribution in [3.05, 3.63) is 30.5 Å². The molecule has 1 saturated heterocycles. The lowest BCUT2D eigenvalue weighted by Gasteiger charge is -2.39. The third-order valence-electron chi connectivity index (χ3n) is 3.64. The number of aromatic amines is 1. The summed E-state index contributed by atoms with van der Waals surface area (Å²) in [5, 5.41) is 39.3. The van der Waals surface area contributed by atoms with Crippen molar-refractivity contribution in [2.75, 3.05) is 6.61 Å². The van der Waals surface area contributed by atoms with Gasteiger partial charge in [0.05, 0.1) is 6.61 Å². The minimum Gasteiger partial charge on any atom is -0.460 e. The van der Waals surface area contributed by atoms with Gasteiger partial charge in [0, 0.05) is 17.1 Å². The zero-order chi connectivity index (χ0) is 15.0. The second-order valence-electron chi connectivity index (χ2n) is 5.01. The van der Waals surface area contributed by atoms with Gasteiger partial charge in [-0.25, -0.2) is 0 Å². The standard InChI is InChI=1S/C14H17NO6/c16-6-10-11(17)12(18)13(19)14(21-10)20-9-5-15-8-4-2-1-3-7(8)9/h1-5,10-19H,6H2/t10-,11+,12+,13-,14-/m1/s1. The van der Waals surface area contributed by atoms with Gasteiger partial charge in [-0.1, -0.05) is 12.1 Å². The van der Waals surface area contributed by atoms with Gasteiger partial charge in [0.25, 0.3) is 0 Å². The van der Waals surface area contributed by atoms with Crippen molar-refractivity contribution in [1.29, 1.82) is 0 Å². The fourth-order valence-corrected chi connectivity index (χ4v) is 2.43. The van der Waals surface area contributed by atoms with Gasteiger partial charge in [0.15, 0.2) is 0 Å². The number of rotatable bonds is 3. The number of aliphatic hydroxyl groups excluding tert-OH is 4. The fourth-order valence-electron chi connectivity index (χ4n) is 2.43. The Morgan fingerprint density at radius 3 is 2.62 bits per heavy atom. The Balaban J connectivity index is 1.83. The van der Waals surface area contributed by atoms with Crippen LogP contribution in [0.2, 0.25) is 0 Å². The highest BCUT2D eigenvalue weighted by Gasteiger charge is 2.44. The average molecular weight is 295 g/mol. The van der Waals surface area contributed by atoms with Gasteiger partial charge in [0.1, 0.15) is 30.2 Å². The van der Waals surface area contributed by atoms with Crippen molar-refractivity contribution < 1.29 is 29.9 Å². The number of H-pyrrole nitrogens is 1. The van der Waals surface area contributed by atoms with Gasteiger partial charge in [-0.3, -0.25) is 0 Å². The van der Waals surface area contributed by atoms with Crippen LogP contribution in [0.25, 0.3) is 10.9 Å². The second kappa shape index (κ2) is 5.63. The summed E-state index contributed by atoms with van der Waals surface area (Å²) in [6.45, 7) is -0.487. The van der Waals surface area contributed by atoms with E-state index < -0.39 is 37.3 Å². The summed E-state index contributed by atoms with van der Waals surface area (Å²) in [6.07, 6.45) is -4.82. The van der Waals surface area contributed by atoms with Crippen molar-refractivity contribution >= 4 is 10.9 Å². The summed E-state index contributed by atoms with van der Waals surface area (Å²) in [5.41, 5.74) is 0.858. The second-order valence-corrected chi connectivity index (χ2v) is 5.01. The molecule has 5 N–H and O–H groups in total. The Kier molecular flexibility index (Phi) is 3.83. The van der Waals surface area contributed by atoms with Gasteiger partial charge in [-0.05, 0) is 12.1 Å². The highest BCUT2D eigenvalue weighted by Crippen LogP contribution is 2.29. The van der Waals surface area contributed by atoms with Gasteiger partial charge in [-0.15, -0.1) is 0 Å². The number of fused-ring (bicyclic) bond motifs is 1. The minimum absolute atomic E-state index is 0.454. The predicted octanol–water partition coefficient (Wildman–Crippen LogP) is -0.653. The van der Waals surface area contributed by atoms with Crippen LogP contribution in [0.5, 0.6) is 5.75 Å². The first-order valence-corrected chi connectivity index (χ1v) is 6.65. The molecular formula is C14H17NO6. The molecule has 0 aliphatic carbocycles. The van der Waals surface area contributed by atoms with E-state index in [1.165, 1.54) is 0 Å². The molecule has 21 heavy (non-hydrogen) atoms. The average Bonchev–Trinajstić information content (AvgIpc) is 2.91. The molecule has 3 rings (SSSR count). The van der Waals surface area contributed by atoms with E-state index in [4.69, 9.17) is 14.6 Å². The molecule has 7 nitrogen and oxygen atoms in total. The molecule has 0 amide bonds. The van der Waals surface area contributed by atoms with Crippen LogP contribution in [0.3, 0.4) is 0 Å². The molecule has 1 aromatic heterocycles. The monoisotopic (exact) mass is 295 g/mol. The topological polar surface area (TPSA) is 115 Å². The van der Waals surface area contributed by atoms with Crippen LogP contribution in [0, 0.1) is 0 Å². The van der Waals surface area contributed by atoms with Crippen LogP contribution in [-0.4, -0.2) is 62.7 Å². The van der Waals surface area contributed by atoms with Crippen LogP contribution < -0.4 is 4.74 Å². The quantitative estimate of drug-likeness (QED) is 0.514. The molecule has 7 heteroatoms. The van der Waals surface area contributed by atoms with Crippen molar-refractivity contribution in [3.63, 3.8) is 0 Å². The number of ether oxygens (including phenoxy) is 2. The van der Waals surface area contributed by atoms with E-state index in [1.807, 2.05) is 24.3 Å². The molecule has 0 radical (unpaired) electrons. The first kappa shape index (κ1) is 14.3. The zero-order valence-electron chi connectivity index (χ0n) is 11.1. The van der Waals surface area contributed by atoms with Crippen molar-refractivity contribution in [2.24, 2.45) is 0 Å². The molecule has 1 aliphatic heterocycles. The maximum atomic E-state index is 9.94. The van der Waals surface area contributed by atoms with E-state index in [9.17, 15) is 15.3 Å². The molecule has 0 spiro atoms. The Bertz CT molecular complexity index is 612. The molecule has 1 aliphatic rings. The van der Waals surface area contributed by atoms with Crippen molar-refractivity contribution in [2.45, 2.75) is 30.7 Å². The third kappa shape index (κ3) is 2.50. The zero-order valence-corrected chi connectivity index (χ0v) is 11.1. The summed E-state index contributed by atoms with van der Waals surface area (Å²) in [5.74, 6) is 0.454. The van der Waals surface area contributed by atoms with E-state index in [1.54, 1.807) is 6.20 Å². The molecule has 0 saturated carbocycles. The lowest BCUT2D eigenvalue weighted by molar-refractivity contribution is -0.277. The van der Waals surface area contributed by atoms with Crippen LogP contribution in [-0.2, 0) is 4.74 Å². The molecule has 2 heterocycles. The van der Waals surface area contributed by atoms with E-state index >= 15 is 0 Å². The van der Waals surface area contributed by atoms with Gasteiger partial charge in [0.2, 0.25) is 6.29 Å². The summed E-state index contributed by atoms with van der Waals surface area (Å²) < 4.78 is 10.9. The summed E-state index contributed by atoms with van der Waals surface area (Å²) >= 11 is 0. The normalized spacial score (nSPS) is 33.2. The van der Waals surface area contributed by atoms with E-state index in [2.05, 4.69) is 4.98 Å². The fraction of sp³-hybridized carbons (Fsp3) is 0.429. The number of para-hydroxylation sites is 1.